The van der Waals surface area contributed by atoms with Crippen molar-refractivity contribution < 1.29 is 4.79 Å². The smallest absolute Gasteiger partial charge is 0.278 e. The predicted octanol–water partition coefficient (Wildman–Crippen LogP) is 5.88. The van der Waals surface area contributed by atoms with Crippen LogP contribution in [0.5, 0.6) is 0 Å². The molecule has 29 heavy (non-hydrogen) atoms. The fourth-order valence-electron chi connectivity index (χ4n) is 3.07. The summed E-state index contributed by atoms with van der Waals surface area (Å²) in [5.41, 5.74) is 3.18. The van der Waals surface area contributed by atoms with E-state index in [2.05, 4.69) is 5.10 Å². The van der Waals surface area contributed by atoms with Crippen LogP contribution in [0.3, 0.4) is 0 Å². The standard InChI is InChI=1S/C22H21ClN4OS/c1-14(2)27-12-11-18(25-27)21(28)26(13-16-7-5-4-6-8-16)22-24-20-15(3)17(23)9-10-19(20)29-22/h4-12,14H,13H2,1-3H3. The van der Waals surface area contributed by atoms with Gasteiger partial charge in [-0.2, -0.15) is 5.10 Å². The molecule has 0 unspecified atom stereocenters. The molecule has 4 rings (SSSR count). The largest absolute Gasteiger partial charge is 0.280 e. The summed E-state index contributed by atoms with van der Waals surface area (Å²) < 4.78 is 2.79. The lowest BCUT2D eigenvalue weighted by atomic mass is 10.2. The Hall–Kier alpha value is -2.70. The Kier molecular flexibility index (Phi) is 5.39. The number of carbonyl (C=O) groups excluding carboxylic acids is 1. The lowest BCUT2D eigenvalue weighted by Gasteiger charge is -2.19. The molecule has 4 aromatic rings. The highest BCUT2D eigenvalue weighted by atomic mass is 35.5. The Labute approximate surface area is 178 Å². The Bertz CT molecular complexity index is 1170. The van der Waals surface area contributed by atoms with Crippen molar-refractivity contribution in [3.63, 3.8) is 0 Å². The summed E-state index contributed by atoms with van der Waals surface area (Å²) >= 11 is 7.75. The monoisotopic (exact) mass is 424 g/mol. The minimum absolute atomic E-state index is 0.170. The van der Waals surface area contributed by atoms with Gasteiger partial charge in [0.25, 0.3) is 5.91 Å². The number of carbonyl (C=O) groups is 1. The number of aromatic nitrogens is 3. The first kappa shape index (κ1) is 19.6. The zero-order valence-electron chi connectivity index (χ0n) is 16.5. The Morgan fingerprint density at radius 1 is 1.17 bits per heavy atom. The molecule has 7 heteroatoms. The molecule has 0 spiro atoms. The average Bonchev–Trinajstić information content (AvgIpc) is 3.37. The maximum Gasteiger partial charge on any atom is 0.280 e. The molecule has 0 fully saturated rings. The third-order valence-electron chi connectivity index (χ3n) is 4.75. The summed E-state index contributed by atoms with van der Waals surface area (Å²) in [6.45, 7) is 6.43. The van der Waals surface area contributed by atoms with Gasteiger partial charge in [-0.3, -0.25) is 14.4 Å². The van der Waals surface area contributed by atoms with Crippen molar-refractivity contribution in [2.24, 2.45) is 0 Å². The van der Waals surface area contributed by atoms with Gasteiger partial charge in [0.1, 0.15) is 0 Å². The topological polar surface area (TPSA) is 51.0 Å². The molecule has 0 bridgehead atoms. The normalized spacial score (nSPS) is 11.3. The van der Waals surface area contributed by atoms with Crippen LogP contribution in [0.2, 0.25) is 5.02 Å². The predicted molar refractivity (Wildman–Crippen MR) is 119 cm³/mol. The zero-order chi connectivity index (χ0) is 20.5. The van der Waals surface area contributed by atoms with Crippen molar-refractivity contribution >= 4 is 44.2 Å². The van der Waals surface area contributed by atoms with Crippen molar-refractivity contribution in [2.75, 3.05) is 4.90 Å². The van der Waals surface area contributed by atoms with Crippen LogP contribution in [0, 0.1) is 6.92 Å². The molecule has 0 aliphatic heterocycles. The van der Waals surface area contributed by atoms with Crippen LogP contribution in [0.15, 0.2) is 54.7 Å². The number of benzene rings is 2. The first-order chi connectivity index (χ1) is 13.9. The molecule has 5 nitrogen and oxygen atoms in total. The van der Waals surface area contributed by atoms with Crippen LogP contribution >= 0.6 is 22.9 Å². The van der Waals surface area contributed by atoms with Gasteiger partial charge in [-0.15, -0.1) is 0 Å². The van der Waals surface area contributed by atoms with Crippen molar-refractivity contribution in [1.82, 2.24) is 14.8 Å². The Balaban J connectivity index is 1.77. The van der Waals surface area contributed by atoms with Gasteiger partial charge in [0.15, 0.2) is 10.8 Å². The summed E-state index contributed by atoms with van der Waals surface area (Å²) in [5, 5.41) is 5.77. The third-order valence-corrected chi connectivity index (χ3v) is 6.21. The quantitative estimate of drug-likeness (QED) is 0.401. The van der Waals surface area contributed by atoms with Crippen molar-refractivity contribution in [3.05, 3.63) is 76.6 Å². The van der Waals surface area contributed by atoms with Crippen LogP contribution < -0.4 is 4.90 Å². The SMILES string of the molecule is Cc1c(Cl)ccc2sc(N(Cc3ccccc3)C(=O)c3ccn(C(C)C)n3)nc12. The fraction of sp³-hybridized carbons (Fsp3) is 0.227. The highest BCUT2D eigenvalue weighted by Crippen LogP contribution is 2.34. The molecule has 2 aromatic heterocycles. The lowest BCUT2D eigenvalue weighted by Crippen LogP contribution is -2.30. The van der Waals surface area contributed by atoms with Crippen molar-refractivity contribution in [1.29, 1.82) is 0 Å². The van der Waals surface area contributed by atoms with E-state index in [1.807, 2.05) is 69.4 Å². The molecule has 148 valence electrons. The fourth-order valence-corrected chi connectivity index (χ4v) is 4.25. The molecule has 1 amide bonds. The van der Waals surface area contributed by atoms with Crippen molar-refractivity contribution in [3.8, 4) is 0 Å². The number of aryl methyl sites for hydroxylation is 1. The van der Waals surface area contributed by atoms with E-state index in [0.717, 1.165) is 21.3 Å². The van der Waals surface area contributed by atoms with E-state index in [-0.39, 0.29) is 11.9 Å². The number of hydrogen-bond acceptors (Lipinski definition) is 4. The van der Waals surface area contributed by atoms with Gasteiger partial charge in [0, 0.05) is 17.3 Å². The second-order valence-corrected chi connectivity index (χ2v) is 8.58. The molecule has 0 aliphatic carbocycles. The minimum Gasteiger partial charge on any atom is -0.278 e. The Morgan fingerprint density at radius 3 is 2.62 bits per heavy atom. The van der Waals surface area contributed by atoms with E-state index in [4.69, 9.17) is 16.6 Å². The maximum absolute atomic E-state index is 13.4. The summed E-state index contributed by atoms with van der Waals surface area (Å²) in [6, 6.07) is 15.7. The number of rotatable bonds is 5. The van der Waals surface area contributed by atoms with Gasteiger partial charge in [0.2, 0.25) is 0 Å². The van der Waals surface area contributed by atoms with E-state index in [9.17, 15) is 4.79 Å². The molecule has 0 N–H and O–H groups in total. The van der Waals surface area contributed by atoms with Gasteiger partial charge >= 0.3 is 0 Å². The van der Waals surface area contributed by atoms with Gasteiger partial charge < -0.3 is 0 Å². The first-order valence-corrected chi connectivity index (χ1v) is 10.6. The minimum atomic E-state index is -0.170. The van der Waals surface area contributed by atoms with Crippen LogP contribution in [-0.2, 0) is 6.54 Å². The second kappa shape index (κ2) is 7.97. The molecule has 2 aromatic carbocycles. The summed E-state index contributed by atoms with van der Waals surface area (Å²) in [7, 11) is 0. The average molecular weight is 425 g/mol. The van der Waals surface area contributed by atoms with Gasteiger partial charge in [-0.05, 0) is 50.1 Å². The highest BCUT2D eigenvalue weighted by molar-refractivity contribution is 7.22. The number of halogens is 1. The molecule has 0 radical (unpaired) electrons. The number of thiazole rings is 1. The van der Waals surface area contributed by atoms with E-state index >= 15 is 0 Å². The van der Waals surface area contributed by atoms with Crippen LogP contribution in [-0.4, -0.2) is 20.7 Å². The van der Waals surface area contributed by atoms with Crippen molar-refractivity contribution in [2.45, 2.75) is 33.4 Å². The molecule has 0 atom stereocenters. The lowest BCUT2D eigenvalue weighted by molar-refractivity contribution is 0.0979. The molecular formula is C22H21ClN4OS. The number of anilines is 1. The zero-order valence-corrected chi connectivity index (χ0v) is 18.0. The molecule has 0 saturated heterocycles. The molecule has 2 heterocycles. The third kappa shape index (κ3) is 3.91. The molecule has 0 saturated carbocycles. The number of fused-ring (bicyclic) bond motifs is 1. The van der Waals surface area contributed by atoms with E-state index in [1.165, 1.54) is 11.3 Å². The summed E-state index contributed by atoms with van der Waals surface area (Å²) in [5.74, 6) is -0.170. The van der Waals surface area contributed by atoms with Gasteiger partial charge in [0.05, 0.1) is 16.8 Å². The Morgan fingerprint density at radius 2 is 1.93 bits per heavy atom. The van der Waals surface area contributed by atoms with Crippen LogP contribution in [0.25, 0.3) is 10.2 Å². The van der Waals surface area contributed by atoms with Gasteiger partial charge in [-0.1, -0.05) is 53.3 Å². The number of amides is 1. The first-order valence-electron chi connectivity index (χ1n) is 9.40. The van der Waals surface area contributed by atoms with Gasteiger partial charge in [-0.25, -0.2) is 4.98 Å². The van der Waals surface area contributed by atoms with E-state index < -0.39 is 0 Å². The summed E-state index contributed by atoms with van der Waals surface area (Å²) in [6.07, 6.45) is 1.83. The molecule has 0 aliphatic rings. The van der Waals surface area contributed by atoms with E-state index in [1.54, 1.807) is 15.6 Å². The van der Waals surface area contributed by atoms with Crippen LogP contribution in [0.1, 0.15) is 41.5 Å². The second-order valence-electron chi connectivity index (χ2n) is 7.17. The number of nitrogens with zero attached hydrogens (tertiary/aromatic N) is 4. The summed E-state index contributed by atoms with van der Waals surface area (Å²) in [4.78, 5) is 19.9. The van der Waals surface area contributed by atoms with Crippen LogP contribution in [0.4, 0.5) is 5.13 Å². The highest BCUT2D eigenvalue weighted by Gasteiger charge is 2.24. The van der Waals surface area contributed by atoms with E-state index in [0.29, 0.717) is 22.4 Å². The maximum atomic E-state index is 13.4. The number of hydrogen-bond donors (Lipinski definition) is 0. The molecular weight excluding hydrogens is 404 g/mol.